The summed E-state index contributed by atoms with van der Waals surface area (Å²) in [7, 11) is -1.76. The summed E-state index contributed by atoms with van der Waals surface area (Å²) in [6.45, 7) is 4.68. The van der Waals surface area contributed by atoms with Crippen molar-refractivity contribution in [3.05, 3.63) is 59.2 Å². The summed E-state index contributed by atoms with van der Waals surface area (Å²) in [4.78, 5) is 0. The van der Waals surface area contributed by atoms with Gasteiger partial charge in [0.05, 0.1) is 0 Å². The summed E-state index contributed by atoms with van der Waals surface area (Å²) < 4.78 is 0. The highest BCUT2D eigenvalue weighted by molar-refractivity contribution is 7.21. The third-order valence-electron chi connectivity index (χ3n) is 4.83. The lowest BCUT2D eigenvalue weighted by Crippen LogP contribution is -2.37. The van der Waals surface area contributed by atoms with E-state index in [4.69, 9.17) is 11.1 Å². The van der Waals surface area contributed by atoms with Gasteiger partial charge in [-0.15, -0.1) is 0 Å². The van der Waals surface area contributed by atoms with Gasteiger partial charge in [0.2, 0.25) is 0 Å². The zero-order chi connectivity index (χ0) is 13.2. The van der Waals surface area contributed by atoms with E-state index in [2.05, 4.69) is 55.9 Å². The molecule has 0 radical (unpaired) electrons. The summed E-state index contributed by atoms with van der Waals surface area (Å²) in [5, 5.41) is 0. The lowest BCUT2D eigenvalue weighted by Gasteiger charge is -2.37. The summed E-state index contributed by atoms with van der Waals surface area (Å²) in [5.41, 5.74) is 7.89. The average Bonchev–Trinajstić information content (AvgIpc) is 2.72. The number of rotatable bonds is 0. The molecule has 2 aromatic rings. The highest BCUT2D eigenvalue weighted by Crippen LogP contribution is 2.57. The third kappa shape index (κ3) is 1.46. The van der Waals surface area contributed by atoms with Crippen molar-refractivity contribution in [2.45, 2.75) is 31.0 Å². The number of hydrogen-bond acceptors (Lipinski definition) is 0. The van der Waals surface area contributed by atoms with Crippen LogP contribution in [0.4, 0.5) is 0 Å². The van der Waals surface area contributed by atoms with Crippen LogP contribution in [-0.4, -0.2) is 7.38 Å². The topological polar surface area (TPSA) is 0 Å². The van der Waals surface area contributed by atoms with E-state index in [0.717, 1.165) is 0 Å². The first-order valence-corrected chi connectivity index (χ1v) is 10.8. The average molecular weight is 285 g/mol. The van der Waals surface area contributed by atoms with Gasteiger partial charge in [0.1, 0.15) is 0 Å². The summed E-state index contributed by atoms with van der Waals surface area (Å²) in [6.07, 6.45) is 0. The first kappa shape index (κ1) is 11.7. The van der Waals surface area contributed by atoms with Gasteiger partial charge in [0.15, 0.2) is 7.38 Å². The molecule has 1 aliphatic heterocycles. The molecule has 0 bridgehead atoms. The molecule has 2 aliphatic rings. The summed E-state index contributed by atoms with van der Waals surface area (Å²) in [6, 6.07) is 16.8. The van der Waals surface area contributed by atoms with E-state index in [1.165, 1.54) is 28.3 Å². The number of halogens is 1. The van der Waals surface area contributed by atoms with Gasteiger partial charge >= 0.3 is 0 Å². The van der Waals surface area contributed by atoms with Crippen LogP contribution in [-0.2, 0) is 0 Å². The van der Waals surface area contributed by atoms with E-state index in [1.807, 2.05) is 0 Å². The molecule has 4 rings (SSSR count). The zero-order valence-electron chi connectivity index (χ0n) is 11.3. The number of benzene rings is 2. The maximum atomic E-state index is 7.06. The van der Waals surface area contributed by atoms with Crippen LogP contribution in [0, 0.1) is 0 Å². The van der Waals surface area contributed by atoms with Crippen molar-refractivity contribution in [3.8, 4) is 11.1 Å². The van der Waals surface area contributed by atoms with Crippen molar-refractivity contribution in [2.75, 3.05) is 0 Å². The molecular weight excluding hydrogens is 268 g/mol. The van der Waals surface area contributed by atoms with Crippen LogP contribution in [0.2, 0.25) is 12.6 Å². The fourth-order valence-electron chi connectivity index (χ4n) is 4.17. The van der Waals surface area contributed by atoms with Gasteiger partial charge in [0.25, 0.3) is 0 Å². The first-order chi connectivity index (χ1) is 9.09. The van der Waals surface area contributed by atoms with Crippen molar-refractivity contribution < 1.29 is 0 Å². The minimum absolute atomic E-state index is 0.493. The maximum absolute atomic E-state index is 7.06. The highest BCUT2D eigenvalue weighted by Gasteiger charge is 2.48. The maximum Gasteiger partial charge on any atom is 0.165 e. The van der Waals surface area contributed by atoms with Crippen LogP contribution < -0.4 is 0 Å². The number of fused-ring (bicyclic) bond motifs is 3. The Morgan fingerprint density at radius 1 is 1.00 bits per heavy atom. The predicted molar refractivity (Wildman–Crippen MR) is 84.4 cm³/mol. The smallest absolute Gasteiger partial charge is 0.165 e. The van der Waals surface area contributed by atoms with E-state index >= 15 is 0 Å². The lowest BCUT2D eigenvalue weighted by atomic mass is 9.92. The standard InChI is InChI=1S/C17H17ClSi/c1-11-10-19(2,18)17-15-7-4-3-6-13(15)14-9-5-8-12(11)16(14)17/h3-9,11,17H,10H2,1-2H3. The predicted octanol–water partition coefficient (Wildman–Crippen LogP) is 5.27. The van der Waals surface area contributed by atoms with Crippen LogP contribution in [0.15, 0.2) is 42.5 Å². The number of hydrogen-bond donors (Lipinski definition) is 0. The lowest BCUT2D eigenvalue weighted by molar-refractivity contribution is 0.795. The molecule has 0 aromatic heterocycles. The largest absolute Gasteiger partial charge is 0.166 e. The summed E-state index contributed by atoms with van der Waals surface area (Å²) >= 11 is 7.06. The quantitative estimate of drug-likeness (QED) is 0.457. The fraction of sp³-hybridized carbons (Fsp3) is 0.294. The Labute approximate surface area is 120 Å². The Balaban J connectivity index is 2.11. The van der Waals surface area contributed by atoms with Gasteiger partial charge in [-0.1, -0.05) is 55.9 Å². The van der Waals surface area contributed by atoms with Gasteiger partial charge in [0, 0.05) is 5.54 Å². The molecule has 3 unspecified atom stereocenters. The second kappa shape index (κ2) is 3.74. The first-order valence-electron chi connectivity index (χ1n) is 7.00. The van der Waals surface area contributed by atoms with E-state index in [1.54, 1.807) is 5.56 Å². The highest BCUT2D eigenvalue weighted by atomic mass is 35.6. The molecule has 0 amide bonds. The molecule has 3 atom stereocenters. The zero-order valence-corrected chi connectivity index (χ0v) is 13.0. The van der Waals surface area contributed by atoms with Crippen LogP contribution in [0.5, 0.6) is 0 Å². The fourth-order valence-corrected chi connectivity index (χ4v) is 9.02. The molecule has 2 aromatic carbocycles. The SMILES string of the molecule is CC1C[Si](C)(Cl)C2c3ccccc3-c3cccc1c32. The summed E-state index contributed by atoms with van der Waals surface area (Å²) in [5.74, 6) is 0.606. The molecule has 19 heavy (non-hydrogen) atoms. The Hall–Kier alpha value is -1.05. The second-order valence-corrected chi connectivity index (χ2v) is 12.3. The van der Waals surface area contributed by atoms with Gasteiger partial charge in [-0.2, -0.15) is 11.1 Å². The van der Waals surface area contributed by atoms with Crippen LogP contribution in [0.1, 0.15) is 35.1 Å². The molecule has 0 saturated carbocycles. The third-order valence-corrected chi connectivity index (χ3v) is 9.16. The molecule has 2 heteroatoms. The molecule has 1 heterocycles. The van der Waals surface area contributed by atoms with E-state index in [9.17, 15) is 0 Å². The molecule has 0 saturated heterocycles. The van der Waals surface area contributed by atoms with Crippen molar-refractivity contribution in [1.29, 1.82) is 0 Å². The van der Waals surface area contributed by atoms with E-state index in [0.29, 0.717) is 11.5 Å². The monoisotopic (exact) mass is 284 g/mol. The van der Waals surface area contributed by atoms with E-state index < -0.39 is 7.38 Å². The van der Waals surface area contributed by atoms with Crippen LogP contribution in [0.3, 0.4) is 0 Å². The second-order valence-electron chi connectivity index (χ2n) is 6.21. The Morgan fingerprint density at radius 3 is 2.53 bits per heavy atom. The minimum Gasteiger partial charge on any atom is -0.166 e. The Morgan fingerprint density at radius 2 is 1.68 bits per heavy atom. The van der Waals surface area contributed by atoms with Gasteiger partial charge in [-0.05, 0) is 39.8 Å². The molecule has 0 N–H and O–H groups in total. The van der Waals surface area contributed by atoms with Crippen LogP contribution >= 0.6 is 11.1 Å². The normalized spacial score (nSPS) is 30.9. The molecule has 96 valence electrons. The molecule has 0 fully saturated rings. The molecular formula is C17H17ClSi. The van der Waals surface area contributed by atoms with Gasteiger partial charge in [-0.3, -0.25) is 0 Å². The van der Waals surface area contributed by atoms with Gasteiger partial charge in [-0.25, -0.2) is 0 Å². The molecule has 0 nitrogen and oxygen atoms in total. The molecule has 1 aliphatic carbocycles. The Bertz CT molecular complexity index is 675. The molecule has 0 spiro atoms. The Kier molecular flexibility index (Phi) is 2.31. The van der Waals surface area contributed by atoms with Crippen molar-refractivity contribution in [2.24, 2.45) is 0 Å². The van der Waals surface area contributed by atoms with Crippen molar-refractivity contribution >= 4 is 18.5 Å². The van der Waals surface area contributed by atoms with Gasteiger partial charge < -0.3 is 0 Å². The van der Waals surface area contributed by atoms with E-state index in [-0.39, 0.29) is 0 Å². The van der Waals surface area contributed by atoms with Crippen LogP contribution in [0.25, 0.3) is 11.1 Å². The van der Waals surface area contributed by atoms with Crippen molar-refractivity contribution in [1.82, 2.24) is 0 Å². The minimum atomic E-state index is -1.76. The van der Waals surface area contributed by atoms with Crippen molar-refractivity contribution in [3.63, 3.8) is 0 Å².